The van der Waals surface area contributed by atoms with Crippen LogP contribution >= 0.6 is 0 Å². The van der Waals surface area contributed by atoms with Crippen LogP contribution < -0.4 is 58.2 Å². The third kappa shape index (κ3) is 37.1. The van der Waals surface area contributed by atoms with Crippen LogP contribution in [-0.2, 0) is 0 Å². The van der Waals surface area contributed by atoms with Crippen molar-refractivity contribution < 1.29 is 77.4 Å². The number of rotatable bonds is 4. The molecule has 4 N–H and O–H groups in total. The molecule has 0 bridgehead atoms. The van der Waals surface area contributed by atoms with Crippen LogP contribution in [0.3, 0.4) is 0 Å². The van der Waals surface area contributed by atoms with Gasteiger partial charge in [-0.1, -0.05) is 39.5 Å². The molecule has 6 heteroatoms. The van der Waals surface area contributed by atoms with Gasteiger partial charge in [0.2, 0.25) is 0 Å². The molecule has 0 aliphatic rings. The monoisotopic (exact) mass is 294 g/mol. The molecule has 1 unspecified atom stereocenters. The fourth-order valence-electron chi connectivity index (χ4n) is 0.697. The third-order valence-corrected chi connectivity index (χ3v) is 1.54. The molecule has 4 nitrogen and oxygen atoms in total. The van der Waals surface area contributed by atoms with Gasteiger partial charge in [0.25, 0.3) is 0 Å². The Kier molecular flexibility index (Phi) is 19.6. The summed E-state index contributed by atoms with van der Waals surface area (Å²) in [6.07, 6.45) is 5.21. The van der Waals surface area contributed by atoms with Gasteiger partial charge in [0, 0.05) is 0 Å². The fourth-order valence-corrected chi connectivity index (χ4v) is 0.697. The van der Waals surface area contributed by atoms with Crippen LogP contribution in [0.5, 0.6) is 0 Å². The van der Waals surface area contributed by atoms with Gasteiger partial charge in [0.15, 0.2) is 0 Å². The Labute approximate surface area is 137 Å². The van der Waals surface area contributed by atoms with Crippen molar-refractivity contribution in [1.29, 1.82) is 0 Å². The van der Waals surface area contributed by atoms with Gasteiger partial charge in [0.1, 0.15) is 0 Å². The van der Waals surface area contributed by atoms with E-state index < -0.39 is 9.05 Å². The van der Waals surface area contributed by atoms with Crippen LogP contribution in [0.4, 0.5) is 0 Å². The molecule has 0 aromatic rings. The molecule has 0 aromatic carbocycles. The SMILES string of the molecule is O[Si](O)(O)O.[CH2-]C(CC)CCCC.[Rb+]. The molecule has 0 saturated heterocycles. The summed E-state index contributed by atoms with van der Waals surface area (Å²) in [5.74, 6) is 0.704. The van der Waals surface area contributed by atoms with Crippen molar-refractivity contribution in [2.75, 3.05) is 0 Å². The Bertz CT molecular complexity index is 102. The average molecular weight is 295 g/mol. The number of hydrogen-bond donors (Lipinski definition) is 4. The first-order valence-corrected chi connectivity index (χ1v) is 6.32. The second-order valence-corrected chi connectivity index (χ2v) is 4.22. The molecule has 0 amide bonds. The zero-order valence-corrected chi connectivity index (χ0v) is 15.3. The topological polar surface area (TPSA) is 80.9 Å². The molecule has 0 aliphatic carbocycles. The van der Waals surface area contributed by atoms with E-state index in [1.165, 1.54) is 25.7 Å². The second-order valence-electron chi connectivity index (χ2n) is 3.02. The van der Waals surface area contributed by atoms with Crippen molar-refractivity contribution in [3.05, 3.63) is 6.92 Å². The maximum absolute atomic E-state index is 7.33. The van der Waals surface area contributed by atoms with Gasteiger partial charge in [0.05, 0.1) is 0 Å². The molecule has 0 radical (unpaired) electrons. The van der Waals surface area contributed by atoms with Gasteiger partial charge in [-0.15, -0.1) is 0 Å². The van der Waals surface area contributed by atoms with Crippen molar-refractivity contribution in [2.24, 2.45) is 5.92 Å². The summed E-state index contributed by atoms with van der Waals surface area (Å²) in [4.78, 5) is 29.3. The van der Waals surface area contributed by atoms with E-state index in [4.69, 9.17) is 19.2 Å². The van der Waals surface area contributed by atoms with Gasteiger partial charge < -0.3 is 26.1 Å². The van der Waals surface area contributed by atoms with Crippen molar-refractivity contribution in [3.8, 4) is 0 Å². The smallest absolute Gasteiger partial charge is 0.368 e. The summed E-state index contributed by atoms with van der Waals surface area (Å²) < 4.78 is 0. The summed E-state index contributed by atoms with van der Waals surface area (Å²) >= 11 is 0. The molecule has 0 aromatic heterocycles. The van der Waals surface area contributed by atoms with Gasteiger partial charge in [-0.2, -0.15) is 5.92 Å². The Hall–Kier alpha value is 1.86. The van der Waals surface area contributed by atoms with Gasteiger partial charge >= 0.3 is 67.2 Å². The molecule has 0 spiro atoms. The summed E-state index contributed by atoms with van der Waals surface area (Å²) in [6.45, 7) is 8.42. The van der Waals surface area contributed by atoms with E-state index in [2.05, 4.69) is 20.8 Å². The molecule has 82 valence electrons. The number of hydrogen-bond acceptors (Lipinski definition) is 4. The second kappa shape index (κ2) is 12.9. The summed E-state index contributed by atoms with van der Waals surface area (Å²) in [5.41, 5.74) is 0. The van der Waals surface area contributed by atoms with E-state index in [0.717, 1.165) is 0 Å². The Morgan fingerprint density at radius 2 is 1.50 bits per heavy atom. The molecule has 0 aliphatic heterocycles. The minimum absolute atomic E-state index is 0. The third-order valence-electron chi connectivity index (χ3n) is 1.54. The van der Waals surface area contributed by atoms with Crippen molar-refractivity contribution in [1.82, 2.24) is 0 Å². The van der Waals surface area contributed by atoms with Crippen molar-refractivity contribution >= 4 is 9.05 Å². The predicted molar refractivity (Wildman–Crippen MR) is 53.3 cm³/mol. The minimum Gasteiger partial charge on any atom is -0.368 e. The summed E-state index contributed by atoms with van der Waals surface area (Å²) in [5, 5.41) is 0. The molecule has 0 heterocycles. The van der Waals surface area contributed by atoms with Crippen LogP contribution in [0.15, 0.2) is 0 Å². The van der Waals surface area contributed by atoms with E-state index in [0.29, 0.717) is 5.92 Å². The van der Waals surface area contributed by atoms with Crippen LogP contribution in [-0.4, -0.2) is 28.2 Å². The largest absolute Gasteiger partial charge is 1.00 e. The van der Waals surface area contributed by atoms with Gasteiger partial charge in [-0.25, -0.2) is 0 Å². The van der Waals surface area contributed by atoms with Crippen LogP contribution in [0.25, 0.3) is 0 Å². The molecule has 0 saturated carbocycles. The van der Waals surface area contributed by atoms with E-state index in [9.17, 15) is 0 Å². The predicted octanol–water partition coefficient (Wildman–Crippen LogP) is -2.57. The first-order chi connectivity index (χ1) is 5.81. The molecular formula is C8H21O4RbSi. The first kappa shape index (κ1) is 21.2. The summed E-state index contributed by atoms with van der Waals surface area (Å²) in [7, 11) is -4.61. The van der Waals surface area contributed by atoms with Gasteiger partial charge in [-0.05, 0) is 0 Å². The van der Waals surface area contributed by atoms with E-state index in [1.54, 1.807) is 0 Å². The fraction of sp³-hybridized carbons (Fsp3) is 0.875. The standard InChI is InChI=1S/C8H17.H4O4Si.Rb/c1-4-6-7-8(3)5-2;1-5(2,3)4;/h8H,3-7H2,1-2H3;1-4H;/q-1;;+1. The first-order valence-electron chi connectivity index (χ1n) is 4.53. The zero-order valence-electron chi connectivity index (χ0n) is 9.40. The van der Waals surface area contributed by atoms with Crippen LogP contribution in [0.1, 0.15) is 39.5 Å². The van der Waals surface area contributed by atoms with E-state index >= 15 is 0 Å². The maximum Gasteiger partial charge on any atom is 1.00 e. The number of unbranched alkanes of at least 4 members (excludes halogenated alkanes) is 1. The van der Waals surface area contributed by atoms with Crippen LogP contribution in [0.2, 0.25) is 0 Å². The Balaban J connectivity index is -0.000000177. The quantitative estimate of drug-likeness (QED) is 0.339. The minimum atomic E-state index is -4.61. The zero-order chi connectivity index (χ0) is 10.9. The molecule has 0 fully saturated rings. The Morgan fingerprint density at radius 1 is 1.14 bits per heavy atom. The van der Waals surface area contributed by atoms with Crippen molar-refractivity contribution in [2.45, 2.75) is 39.5 Å². The van der Waals surface area contributed by atoms with E-state index in [1.807, 2.05) is 0 Å². The Morgan fingerprint density at radius 3 is 1.71 bits per heavy atom. The van der Waals surface area contributed by atoms with E-state index in [-0.39, 0.29) is 58.2 Å². The van der Waals surface area contributed by atoms with Gasteiger partial charge in [-0.3, -0.25) is 0 Å². The molecular weight excluding hydrogens is 274 g/mol. The average Bonchev–Trinajstić information content (AvgIpc) is 1.97. The van der Waals surface area contributed by atoms with Crippen molar-refractivity contribution in [3.63, 3.8) is 0 Å². The molecule has 14 heavy (non-hydrogen) atoms. The maximum atomic E-state index is 7.33. The molecule has 0 rings (SSSR count). The normalized spacial score (nSPS) is 12.2. The molecule has 1 atom stereocenters. The summed E-state index contributed by atoms with van der Waals surface area (Å²) in [6, 6.07) is 0. The van der Waals surface area contributed by atoms with Crippen LogP contribution in [0, 0.1) is 12.8 Å².